The molecule has 0 spiro atoms. The molecule has 1 fully saturated rings. The molecular weight excluding hydrogens is 302 g/mol. The van der Waals surface area contributed by atoms with Gasteiger partial charge in [-0.25, -0.2) is 0 Å². The van der Waals surface area contributed by atoms with Crippen molar-refractivity contribution in [3.63, 3.8) is 0 Å². The number of likely N-dealkylation sites (tertiary alicyclic amines) is 1. The van der Waals surface area contributed by atoms with Crippen LogP contribution in [0.4, 0.5) is 5.69 Å². The van der Waals surface area contributed by atoms with E-state index >= 15 is 0 Å². The van der Waals surface area contributed by atoms with Gasteiger partial charge in [0.25, 0.3) is 0 Å². The number of carbonyl (C=O) groups excluding carboxylic acids is 1. The Bertz CT molecular complexity index is 520. The van der Waals surface area contributed by atoms with Crippen molar-refractivity contribution in [1.29, 1.82) is 0 Å². The minimum Gasteiger partial charge on any atom is -0.388 e. The van der Waals surface area contributed by atoms with Gasteiger partial charge in [-0.2, -0.15) is 0 Å². The summed E-state index contributed by atoms with van der Waals surface area (Å²) in [6.45, 7) is 4.23. The lowest BCUT2D eigenvalue weighted by Gasteiger charge is -2.36. The summed E-state index contributed by atoms with van der Waals surface area (Å²) >= 11 is 0. The molecule has 1 amide bonds. The van der Waals surface area contributed by atoms with Crippen LogP contribution in [0.15, 0.2) is 24.3 Å². The first-order chi connectivity index (χ1) is 11.7. The molecule has 0 atom stereocenters. The third kappa shape index (κ3) is 6.23. The number of hydrogen-bond donors (Lipinski definition) is 2. The van der Waals surface area contributed by atoms with Crippen LogP contribution in [-0.2, 0) is 11.2 Å². The molecule has 0 bridgehead atoms. The first-order valence-corrected chi connectivity index (χ1v) is 8.37. The third-order valence-electron chi connectivity index (χ3n) is 4.29. The van der Waals surface area contributed by atoms with Crippen molar-refractivity contribution in [2.45, 2.75) is 32.2 Å². The van der Waals surface area contributed by atoms with Crippen LogP contribution in [0.5, 0.6) is 0 Å². The number of terminal acetylenes is 1. The first-order valence-electron chi connectivity index (χ1n) is 8.37. The van der Waals surface area contributed by atoms with Crippen molar-refractivity contribution in [1.82, 2.24) is 9.80 Å². The number of piperidine rings is 1. The molecular formula is C19H29N3O2. The molecule has 132 valence electrons. The van der Waals surface area contributed by atoms with Crippen molar-refractivity contribution in [3.05, 3.63) is 29.8 Å². The lowest BCUT2D eigenvalue weighted by molar-refractivity contribution is -0.121. The van der Waals surface area contributed by atoms with Gasteiger partial charge in [0.2, 0.25) is 6.41 Å². The number of para-hydroxylation sites is 1. The number of nitrogens with zero attached hydrogens (tertiary/aromatic N) is 2. The fraction of sp³-hybridized carbons (Fsp3) is 0.526. The van der Waals surface area contributed by atoms with Crippen molar-refractivity contribution in [2.75, 3.05) is 38.7 Å². The smallest absolute Gasteiger partial charge is 0.209 e. The van der Waals surface area contributed by atoms with E-state index in [1.165, 1.54) is 5.56 Å². The van der Waals surface area contributed by atoms with Crippen molar-refractivity contribution in [2.24, 2.45) is 0 Å². The minimum atomic E-state index is 0.114. The van der Waals surface area contributed by atoms with Crippen LogP contribution >= 0.6 is 0 Å². The summed E-state index contributed by atoms with van der Waals surface area (Å²) in [5.74, 6) is 2.25. The Kier molecular flexibility index (Phi) is 9.59. The number of benzene rings is 1. The summed E-state index contributed by atoms with van der Waals surface area (Å²) in [6.07, 6.45) is 8.30. The van der Waals surface area contributed by atoms with Crippen LogP contribution in [0.25, 0.3) is 0 Å². The molecule has 1 aromatic rings. The van der Waals surface area contributed by atoms with Crippen molar-refractivity contribution >= 4 is 12.1 Å². The standard InChI is InChI=1S/C16H25N3O2.C3H4/c1-17-16-5-3-2-4-14(16)6-11-19(13-21)15-7-9-18(12-20)10-8-15;1-3-2/h2-5,13,15,17,20H,6-12H2,1H3;1H,2H3. The van der Waals surface area contributed by atoms with E-state index in [1.807, 2.05) is 29.0 Å². The minimum absolute atomic E-state index is 0.114. The van der Waals surface area contributed by atoms with Crippen LogP contribution in [0.3, 0.4) is 0 Å². The predicted octanol–water partition coefficient (Wildman–Crippen LogP) is 1.78. The molecule has 0 saturated carbocycles. The molecule has 5 heteroatoms. The van der Waals surface area contributed by atoms with Crippen LogP contribution in [0.1, 0.15) is 25.3 Å². The second kappa shape index (κ2) is 11.5. The van der Waals surface area contributed by atoms with E-state index in [9.17, 15) is 4.79 Å². The average molecular weight is 331 g/mol. The zero-order valence-electron chi connectivity index (χ0n) is 14.7. The summed E-state index contributed by atoms with van der Waals surface area (Å²) in [5.41, 5.74) is 2.36. The second-order valence-corrected chi connectivity index (χ2v) is 5.78. The molecule has 0 aromatic heterocycles. The van der Waals surface area contributed by atoms with E-state index in [4.69, 9.17) is 5.11 Å². The van der Waals surface area contributed by atoms with E-state index in [0.717, 1.165) is 51.0 Å². The Morgan fingerprint density at radius 3 is 2.58 bits per heavy atom. The van der Waals surface area contributed by atoms with E-state index in [-0.39, 0.29) is 6.73 Å². The van der Waals surface area contributed by atoms with Gasteiger partial charge < -0.3 is 15.3 Å². The molecule has 1 saturated heterocycles. The number of aliphatic hydroxyl groups excluding tert-OH is 1. The van der Waals surface area contributed by atoms with Gasteiger partial charge in [0, 0.05) is 38.4 Å². The largest absolute Gasteiger partial charge is 0.388 e. The maximum Gasteiger partial charge on any atom is 0.209 e. The molecule has 1 heterocycles. The summed E-state index contributed by atoms with van der Waals surface area (Å²) in [4.78, 5) is 15.3. The summed E-state index contributed by atoms with van der Waals surface area (Å²) in [6, 6.07) is 8.49. The fourth-order valence-electron chi connectivity index (χ4n) is 2.95. The Hall–Kier alpha value is -2.03. The highest BCUT2D eigenvalue weighted by Gasteiger charge is 2.23. The number of nitrogens with one attached hydrogen (secondary N) is 1. The highest BCUT2D eigenvalue weighted by Crippen LogP contribution is 2.18. The lowest BCUT2D eigenvalue weighted by atomic mass is 10.0. The maximum absolute atomic E-state index is 11.4. The Morgan fingerprint density at radius 1 is 1.42 bits per heavy atom. The van der Waals surface area contributed by atoms with Gasteiger partial charge in [-0.15, -0.1) is 12.3 Å². The molecule has 1 aromatic carbocycles. The molecule has 2 rings (SSSR count). The van der Waals surface area contributed by atoms with Gasteiger partial charge in [-0.3, -0.25) is 9.69 Å². The Balaban J connectivity index is 0.000000891. The maximum atomic E-state index is 11.4. The Labute approximate surface area is 145 Å². The predicted molar refractivity (Wildman–Crippen MR) is 98.7 cm³/mol. The zero-order valence-corrected chi connectivity index (χ0v) is 14.7. The van der Waals surface area contributed by atoms with Gasteiger partial charge >= 0.3 is 0 Å². The topological polar surface area (TPSA) is 55.8 Å². The summed E-state index contributed by atoms with van der Waals surface area (Å²) in [5, 5.41) is 12.3. The molecule has 5 nitrogen and oxygen atoms in total. The van der Waals surface area contributed by atoms with Crippen molar-refractivity contribution < 1.29 is 9.90 Å². The Morgan fingerprint density at radius 2 is 2.04 bits per heavy atom. The normalized spacial score (nSPS) is 14.9. The number of carbonyl (C=O) groups is 1. The fourth-order valence-corrected chi connectivity index (χ4v) is 2.95. The molecule has 0 aliphatic carbocycles. The number of hydrogen-bond acceptors (Lipinski definition) is 4. The van der Waals surface area contributed by atoms with Gasteiger partial charge in [0.15, 0.2) is 0 Å². The molecule has 0 radical (unpaired) electrons. The molecule has 0 unspecified atom stereocenters. The lowest BCUT2D eigenvalue weighted by Crippen LogP contribution is -2.45. The van der Waals surface area contributed by atoms with Gasteiger partial charge in [-0.1, -0.05) is 18.2 Å². The third-order valence-corrected chi connectivity index (χ3v) is 4.29. The molecule has 1 aliphatic rings. The second-order valence-electron chi connectivity index (χ2n) is 5.78. The summed E-state index contributed by atoms with van der Waals surface area (Å²) in [7, 11) is 1.92. The van der Waals surface area contributed by atoms with Crippen LogP contribution in [0.2, 0.25) is 0 Å². The van der Waals surface area contributed by atoms with Gasteiger partial charge in [-0.05, 0) is 37.8 Å². The number of anilines is 1. The zero-order chi connectivity index (χ0) is 17.8. The van der Waals surface area contributed by atoms with Crippen molar-refractivity contribution in [3.8, 4) is 12.3 Å². The first kappa shape index (κ1) is 20.0. The summed E-state index contributed by atoms with van der Waals surface area (Å²) < 4.78 is 0. The van der Waals surface area contributed by atoms with Gasteiger partial charge in [0.1, 0.15) is 0 Å². The van der Waals surface area contributed by atoms with Crippen LogP contribution in [0, 0.1) is 12.3 Å². The van der Waals surface area contributed by atoms with E-state index in [0.29, 0.717) is 6.04 Å². The number of aliphatic hydroxyl groups is 1. The quantitative estimate of drug-likeness (QED) is 0.591. The van der Waals surface area contributed by atoms with E-state index < -0.39 is 0 Å². The van der Waals surface area contributed by atoms with Crippen LogP contribution < -0.4 is 5.32 Å². The highest BCUT2D eigenvalue weighted by atomic mass is 16.3. The van der Waals surface area contributed by atoms with E-state index in [1.54, 1.807) is 6.92 Å². The van der Waals surface area contributed by atoms with E-state index in [2.05, 4.69) is 29.8 Å². The molecule has 1 aliphatic heterocycles. The average Bonchev–Trinajstić information content (AvgIpc) is 2.63. The number of amides is 1. The van der Waals surface area contributed by atoms with Gasteiger partial charge in [0.05, 0.1) is 6.73 Å². The monoisotopic (exact) mass is 331 g/mol. The SMILES string of the molecule is C#CC.CNc1ccccc1CCN(C=O)C1CCN(CO)CC1. The molecule has 2 N–H and O–H groups in total. The highest BCUT2D eigenvalue weighted by molar-refractivity contribution is 5.52. The molecule has 24 heavy (non-hydrogen) atoms. The number of rotatable bonds is 7. The van der Waals surface area contributed by atoms with Crippen LogP contribution in [-0.4, -0.2) is 60.8 Å².